The fourth-order valence-electron chi connectivity index (χ4n) is 1.04. The number of carbonyl (C=O) groups excluding carboxylic acids is 2. The fraction of sp³-hybridized carbons (Fsp3) is 0.182. The lowest BCUT2D eigenvalue weighted by Crippen LogP contribution is -2.36. The first-order chi connectivity index (χ1) is 9.04. The maximum atomic E-state index is 11.6. The number of aliphatic hydroxyl groups excluding tert-OH is 1. The molecule has 0 bridgehead atoms. The van der Waals surface area contributed by atoms with Crippen LogP contribution in [-0.2, 0) is 9.59 Å². The Morgan fingerprint density at radius 3 is 2.63 bits per heavy atom. The number of nitrogens with two attached hydrogens (primary N) is 1. The van der Waals surface area contributed by atoms with Gasteiger partial charge in [-0.15, -0.1) is 0 Å². The Bertz CT molecular complexity index is 520. The van der Waals surface area contributed by atoms with Gasteiger partial charge in [0.05, 0.1) is 12.1 Å². The molecule has 0 aliphatic heterocycles. The number of aliphatic imine (C=N–C) groups is 1. The van der Waals surface area contributed by atoms with Crippen molar-refractivity contribution in [3.05, 3.63) is 29.8 Å². The minimum absolute atomic E-state index is 0.124. The monoisotopic (exact) mass is 263 g/mol. The Hall–Kier alpha value is -2.61. The number of nitrogens with zero attached hydrogens (tertiary/aromatic N) is 3. The van der Waals surface area contributed by atoms with Crippen molar-refractivity contribution in [3.63, 3.8) is 0 Å². The van der Waals surface area contributed by atoms with Gasteiger partial charge in [-0.3, -0.25) is 14.9 Å². The topological polar surface area (TPSA) is 131 Å². The highest BCUT2D eigenvalue weighted by molar-refractivity contribution is 6.17. The second-order valence-corrected chi connectivity index (χ2v) is 3.39. The number of carbonyl (C=O) groups is 2. The van der Waals surface area contributed by atoms with Crippen LogP contribution in [-0.4, -0.2) is 39.6 Å². The number of hydrogen-bond donors (Lipinski definition) is 3. The standard InChI is InChI=1S/C11H13N5O3/c1-7(17)8(10(19)16-9(18)5-12)6-15-11-13-3-2-4-14-11/h2-4,6,17H,5,12H2,1H3,(H,16,18,19)/b8-7-,15-6+. The molecule has 1 aromatic rings. The second-order valence-electron chi connectivity index (χ2n) is 3.39. The van der Waals surface area contributed by atoms with Crippen LogP contribution in [0.5, 0.6) is 0 Å². The molecule has 0 aliphatic carbocycles. The van der Waals surface area contributed by atoms with Gasteiger partial charge in [-0.25, -0.2) is 15.0 Å². The maximum absolute atomic E-state index is 11.6. The van der Waals surface area contributed by atoms with E-state index in [1.807, 2.05) is 5.32 Å². The summed E-state index contributed by atoms with van der Waals surface area (Å²) in [5, 5.41) is 11.4. The predicted molar refractivity (Wildman–Crippen MR) is 67.7 cm³/mol. The van der Waals surface area contributed by atoms with Gasteiger partial charge in [-0.1, -0.05) is 0 Å². The average molecular weight is 263 g/mol. The van der Waals surface area contributed by atoms with Crippen molar-refractivity contribution < 1.29 is 14.7 Å². The van der Waals surface area contributed by atoms with E-state index in [0.717, 1.165) is 6.21 Å². The largest absolute Gasteiger partial charge is 0.512 e. The lowest BCUT2D eigenvalue weighted by atomic mass is 10.2. The molecule has 19 heavy (non-hydrogen) atoms. The van der Waals surface area contributed by atoms with Gasteiger partial charge in [-0.2, -0.15) is 0 Å². The summed E-state index contributed by atoms with van der Waals surface area (Å²) in [5.41, 5.74) is 4.89. The summed E-state index contributed by atoms with van der Waals surface area (Å²) < 4.78 is 0. The molecule has 1 rings (SSSR count). The third kappa shape index (κ3) is 4.64. The summed E-state index contributed by atoms with van der Waals surface area (Å²) in [6.07, 6.45) is 4.03. The molecule has 1 heterocycles. The van der Waals surface area contributed by atoms with Gasteiger partial charge in [0.25, 0.3) is 5.91 Å². The molecule has 100 valence electrons. The Morgan fingerprint density at radius 1 is 1.47 bits per heavy atom. The summed E-state index contributed by atoms with van der Waals surface area (Å²) in [4.78, 5) is 34.1. The first-order valence-electron chi connectivity index (χ1n) is 5.29. The smallest absolute Gasteiger partial charge is 0.262 e. The number of nitrogens with one attached hydrogen (secondary N) is 1. The van der Waals surface area contributed by atoms with Crippen molar-refractivity contribution in [1.82, 2.24) is 15.3 Å². The molecule has 8 nitrogen and oxygen atoms in total. The summed E-state index contributed by atoms with van der Waals surface area (Å²) in [6, 6.07) is 1.61. The van der Waals surface area contributed by atoms with Gasteiger partial charge in [0.1, 0.15) is 5.76 Å². The predicted octanol–water partition coefficient (Wildman–Crippen LogP) is -0.388. The normalized spacial score (nSPS) is 12.1. The molecule has 0 aliphatic rings. The number of rotatable bonds is 4. The number of imide groups is 1. The lowest BCUT2D eigenvalue weighted by molar-refractivity contribution is -0.127. The molecule has 0 aromatic carbocycles. The highest BCUT2D eigenvalue weighted by atomic mass is 16.3. The van der Waals surface area contributed by atoms with Crippen molar-refractivity contribution in [2.45, 2.75) is 6.92 Å². The molecule has 0 atom stereocenters. The van der Waals surface area contributed by atoms with E-state index in [4.69, 9.17) is 5.73 Å². The van der Waals surface area contributed by atoms with Crippen molar-refractivity contribution in [3.8, 4) is 0 Å². The molecular formula is C11H13N5O3. The molecule has 0 radical (unpaired) electrons. The summed E-state index contributed by atoms with van der Waals surface area (Å²) in [7, 11) is 0. The van der Waals surface area contributed by atoms with Crippen LogP contribution in [0.2, 0.25) is 0 Å². The molecule has 0 unspecified atom stereocenters. The Balaban J connectivity index is 2.86. The molecule has 8 heteroatoms. The van der Waals surface area contributed by atoms with Crippen molar-refractivity contribution in [2.75, 3.05) is 6.54 Å². The second kappa shape index (κ2) is 6.97. The molecular weight excluding hydrogens is 250 g/mol. The van der Waals surface area contributed by atoms with Gasteiger partial charge in [-0.05, 0) is 13.0 Å². The van der Waals surface area contributed by atoms with Crippen molar-refractivity contribution in [1.29, 1.82) is 0 Å². The molecule has 0 saturated heterocycles. The highest BCUT2D eigenvalue weighted by Crippen LogP contribution is 2.03. The minimum Gasteiger partial charge on any atom is -0.512 e. The molecule has 0 saturated carbocycles. The number of aliphatic hydroxyl groups is 1. The van der Waals surface area contributed by atoms with Crippen LogP contribution in [0, 0.1) is 0 Å². The van der Waals surface area contributed by atoms with Crippen LogP contribution >= 0.6 is 0 Å². The van der Waals surface area contributed by atoms with E-state index in [0.29, 0.717) is 0 Å². The van der Waals surface area contributed by atoms with E-state index in [2.05, 4.69) is 15.0 Å². The number of hydrogen-bond acceptors (Lipinski definition) is 7. The van der Waals surface area contributed by atoms with Gasteiger partial charge >= 0.3 is 0 Å². The van der Waals surface area contributed by atoms with Crippen molar-refractivity contribution >= 4 is 24.0 Å². The van der Waals surface area contributed by atoms with E-state index in [1.165, 1.54) is 19.3 Å². The fourth-order valence-corrected chi connectivity index (χ4v) is 1.04. The van der Waals surface area contributed by atoms with Crippen LogP contribution < -0.4 is 11.1 Å². The molecule has 4 N–H and O–H groups in total. The van der Waals surface area contributed by atoms with Gasteiger partial charge < -0.3 is 10.8 Å². The first kappa shape index (κ1) is 14.5. The van der Waals surface area contributed by atoms with E-state index in [-0.39, 0.29) is 23.8 Å². The van der Waals surface area contributed by atoms with Gasteiger partial charge in [0, 0.05) is 18.6 Å². The Kier molecular flexibility index (Phi) is 5.30. The minimum atomic E-state index is -0.796. The molecule has 0 spiro atoms. The highest BCUT2D eigenvalue weighted by Gasteiger charge is 2.13. The van der Waals surface area contributed by atoms with Gasteiger partial charge in [0.15, 0.2) is 0 Å². The third-order valence-electron chi connectivity index (χ3n) is 1.93. The molecule has 2 amide bonds. The van der Waals surface area contributed by atoms with E-state index in [9.17, 15) is 14.7 Å². The van der Waals surface area contributed by atoms with E-state index < -0.39 is 11.8 Å². The van der Waals surface area contributed by atoms with E-state index >= 15 is 0 Å². The van der Waals surface area contributed by atoms with Crippen molar-refractivity contribution in [2.24, 2.45) is 10.7 Å². The molecule has 1 aromatic heterocycles. The summed E-state index contributed by atoms with van der Waals surface area (Å²) in [6.45, 7) is 0.960. The van der Waals surface area contributed by atoms with Crippen LogP contribution in [0.1, 0.15) is 6.92 Å². The number of allylic oxidation sites excluding steroid dienone is 1. The maximum Gasteiger partial charge on any atom is 0.262 e. The third-order valence-corrected chi connectivity index (χ3v) is 1.93. The molecule has 0 fully saturated rings. The average Bonchev–Trinajstić information content (AvgIpc) is 2.39. The van der Waals surface area contributed by atoms with Crippen LogP contribution in [0.15, 0.2) is 34.8 Å². The summed E-state index contributed by atoms with van der Waals surface area (Å²) in [5.74, 6) is -1.62. The zero-order valence-corrected chi connectivity index (χ0v) is 10.2. The van der Waals surface area contributed by atoms with Gasteiger partial charge in [0.2, 0.25) is 11.9 Å². The lowest BCUT2D eigenvalue weighted by Gasteiger charge is -2.03. The number of aromatic nitrogens is 2. The van der Waals surface area contributed by atoms with Crippen LogP contribution in [0.25, 0.3) is 0 Å². The van der Waals surface area contributed by atoms with E-state index in [1.54, 1.807) is 6.07 Å². The Morgan fingerprint density at radius 2 is 2.11 bits per heavy atom. The Labute approximate surface area is 109 Å². The first-order valence-corrected chi connectivity index (χ1v) is 5.29. The summed E-state index contributed by atoms with van der Waals surface area (Å²) >= 11 is 0. The zero-order valence-electron chi connectivity index (χ0n) is 10.2. The SMILES string of the molecule is C/C(O)=C(\C=N\c1ncccn1)C(=O)NC(=O)CN. The quantitative estimate of drug-likeness (QED) is 0.385. The number of amides is 2. The zero-order chi connectivity index (χ0) is 14.3. The van der Waals surface area contributed by atoms with Crippen LogP contribution in [0.3, 0.4) is 0 Å². The van der Waals surface area contributed by atoms with Crippen LogP contribution in [0.4, 0.5) is 5.95 Å².